The second-order valence-corrected chi connectivity index (χ2v) is 7.89. The van der Waals surface area contributed by atoms with E-state index in [1.807, 2.05) is 48.5 Å². The highest BCUT2D eigenvalue weighted by Gasteiger charge is 2.54. The van der Waals surface area contributed by atoms with E-state index >= 15 is 0 Å². The van der Waals surface area contributed by atoms with Gasteiger partial charge in [0.05, 0.1) is 13.7 Å². The monoisotopic (exact) mass is 494 g/mol. The van der Waals surface area contributed by atoms with Crippen molar-refractivity contribution in [3.05, 3.63) is 58.6 Å². The first kappa shape index (κ1) is 20.4. The van der Waals surface area contributed by atoms with Crippen LogP contribution in [0.25, 0.3) is 0 Å². The van der Waals surface area contributed by atoms with Gasteiger partial charge in [0.2, 0.25) is 0 Å². The third kappa shape index (κ3) is 3.67. The van der Waals surface area contributed by atoms with Crippen LogP contribution in [0.5, 0.6) is 5.75 Å². The van der Waals surface area contributed by atoms with Crippen molar-refractivity contribution in [2.45, 2.75) is 31.4 Å². The normalized spacial score (nSPS) is 22.1. The van der Waals surface area contributed by atoms with Crippen LogP contribution in [-0.2, 0) is 5.72 Å². The Morgan fingerprint density at radius 1 is 1.07 bits per heavy atom. The molecule has 0 saturated carbocycles. The molecule has 4 nitrogen and oxygen atoms in total. The molecule has 2 aliphatic heterocycles. The molecule has 2 heterocycles. The van der Waals surface area contributed by atoms with Gasteiger partial charge in [0.25, 0.3) is 11.6 Å². The SMILES string of the molecule is COc1ccccc1N1C2=[N+](CCCCC2)CC1(O)c1ccc(Br)cc1.[Br-]. The van der Waals surface area contributed by atoms with Gasteiger partial charge in [-0.15, -0.1) is 0 Å². The Bertz CT molecular complexity index is 838. The minimum atomic E-state index is -1.11. The first-order chi connectivity index (χ1) is 12.6. The molecule has 27 heavy (non-hydrogen) atoms. The van der Waals surface area contributed by atoms with Crippen molar-refractivity contribution < 1.29 is 31.4 Å². The molecule has 0 bridgehead atoms. The fourth-order valence-corrected chi connectivity index (χ4v) is 4.38. The highest BCUT2D eigenvalue weighted by atomic mass is 79.9. The summed E-state index contributed by atoms with van der Waals surface area (Å²) < 4.78 is 8.98. The minimum absolute atomic E-state index is 0. The van der Waals surface area contributed by atoms with Gasteiger partial charge in [0, 0.05) is 16.5 Å². The average Bonchev–Trinajstić information content (AvgIpc) is 2.79. The zero-order chi connectivity index (χ0) is 18.1. The Morgan fingerprint density at radius 3 is 2.56 bits per heavy atom. The van der Waals surface area contributed by atoms with Crippen LogP contribution in [-0.4, -0.2) is 35.7 Å². The molecule has 0 fully saturated rings. The van der Waals surface area contributed by atoms with Crippen LogP contribution >= 0.6 is 15.9 Å². The van der Waals surface area contributed by atoms with Crippen LogP contribution in [0.3, 0.4) is 0 Å². The van der Waals surface area contributed by atoms with Crippen molar-refractivity contribution in [3.63, 3.8) is 0 Å². The molecule has 1 atom stereocenters. The molecular weight excluding hydrogens is 472 g/mol. The summed E-state index contributed by atoms with van der Waals surface area (Å²) in [5, 5.41) is 11.9. The maximum Gasteiger partial charge on any atom is 0.275 e. The maximum atomic E-state index is 11.9. The van der Waals surface area contributed by atoms with E-state index in [2.05, 4.69) is 25.4 Å². The Hall–Kier alpha value is -1.37. The number of aliphatic hydroxyl groups is 1. The van der Waals surface area contributed by atoms with E-state index in [0.29, 0.717) is 6.54 Å². The van der Waals surface area contributed by atoms with Gasteiger partial charge in [-0.3, -0.25) is 4.58 Å². The zero-order valence-corrected chi connectivity index (χ0v) is 18.5. The van der Waals surface area contributed by atoms with Crippen molar-refractivity contribution >= 4 is 27.5 Å². The van der Waals surface area contributed by atoms with Crippen LogP contribution in [0.4, 0.5) is 5.69 Å². The summed E-state index contributed by atoms with van der Waals surface area (Å²) in [4.78, 5) is 2.10. The fourth-order valence-electron chi connectivity index (χ4n) is 4.11. The lowest BCUT2D eigenvalue weighted by molar-refractivity contribution is -0.534. The van der Waals surface area contributed by atoms with E-state index in [9.17, 15) is 5.11 Å². The Kier molecular flexibility index (Phi) is 6.28. The van der Waals surface area contributed by atoms with Crippen LogP contribution in [0.1, 0.15) is 31.2 Å². The van der Waals surface area contributed by atoms with E-state index in [4.69, 9.17) is 4.74 Å². The van der Waals surface area contributed by atoms with E-state index in [1.54, 1.807) is 7.11 Å². The third-order valence-electron chi connectivity index (χ3n) is 5.37. The van der Waals surface area contributed by atoms with E-state index < -0.39 is 5.72 Å². The molecule has 6 heteroatoms. The summed E-state index contributed by atoms with van der Waals surface area (Å²) in [7, 11) is 1.68. The van der Waals surface area contributed by atoms with E-state index in [-0.39, 0.29) is 17.0 Å². The van der Waals surface area contributed by atoms with Crippen LogP contribution in [0, 0.1) is 0 Å². The predicted molar refractivity (Wildman–Crippen MR) is 107 cm³/mol. The Labute approximate surface area is 179 Å². The second kappa shape index (κ2) is 8.33. The lowest BCUT2D eigenvalue weighted by Crippen LogP contribution is -3.00. The molecule has 0 aliphatic carbocycles. The van der Waals surface area contributed by atoms with Crippen LogP contribution in [0.2, 0.25) is 0 Å². The van der Waals surface area contributed by atoms with Crippen molar-refractivity contribution in [2.24, 2.45) is 0 Å². The van der Waals surface area contributed by atoms with Crippen molar-refractivity contribution in [2.75, 3.05) is 25.1 Å². The standard InChI is InChI=1S/C21H24BrN2O2.BrH/c1-26-19-8-5-4-7-18(19)24-20-9-3-2-6-14-23(20)15-21(24,25)16-10-12-17(22)13-11-16;/h4-5,7-8,10-13,25H,2-3,6,9,14-15H2,1H3;1H/q+1;/p-1. The van der Waals surface area contributed by atoms with Gasteiger partial charge in [-0.25, -0.2) is 0 Å². The summed E-state index contributed by atoms with van der Waals surface area (Å²) in [6.07, 6.45) is 4.51. The fraction of sp³-hybridized carbons (Fsp3) is 0.381. The molecule has 1 unspecified atom stereocenters. The number of hydrogen-bond donors (Lipinski definition) is 1. The van der Waals surface area contributed by atoms with Gasteiger partial charge < -0.3 is 26.8 Å². The molecule has 2 aliphatic rings. The minimum Gasteiger partial charge on any atom is -1.00 e. The van der Waals surface area contributed by atoms with Crippen molar-refractivity contribution in [3.8, 4) is 5.75 Å². The van der Waals surface area contributed by atoms with Crippen molar-refractivity contribution in [1.82, 2.24) is 0 Å². The zero-order valence-electron chi connectivity index (χ0n) is 15.4. The molecule has 0 spiro atoms. The molecular formula is C21H24Br2N2O2. The molecule has 0 aromatic heterocycles. The number of halogens is 2. The lowest BCUT2D eigenvalue weighted by atomic mass is 10.00. The molecule has 0 amide bonds. The van der Waals surface area contributed by atoms with Gasteiger partial charge in [0.15, 0.2) is 18.0 Å². The number of ether oxygens (including phenoxy) is 1. The second-order valence-electron chi connectivity index (χ2n) is 6.98. The lowest BCUT2D eigenvalue weighted by Gasteiger charge is -2.29. The van der Waals surface area contributed by atoms with Gasteiger partial charge in [-0.1, -0.05) is 40.2 Å². The summed E-state index contributed by atoms with van der Waals surface area (Å²) in [6.45, 7) is 1.56. The molecule has 0 radical (unpaired) electrons. The summed E-state index contributed by atoms with van der Waals surface area (Å²) in [5.41, 5.74) is 0.703. The first-order valence-electron chi connectivity index (χ1n) is 9.16. The summed E-state index contributed by atoms with van der Waals surface area (Å²) >= 11 is 3.50. The van der Waals surface area contributed by atoms with Crippen molar-refractivity contribution in [1.29, 1.82) is 0 Å². The van der Waals surface area contributed by atoms with Gasteiger partial charge in [-0.2, -0.15) is 4.90 Å². The van der Waals surface area contributed by atoms with Crippen LogP contribution in [0.15, 0.2) is 53.0 Å². The number of rotatable bonds is 3. The molecule has 1 N–H and O–H groups in total. The topological polar surface area (TPSA) is 35.7 Å². The summed E-state index contributed by atoms with van der Waals surface area (Å²) in [5.74, 6) is 1.97. The van der Waals surface area contributed by atoms with E-state index in [1.165, 1.54) is 18.7 Å². The average molecular weight is 496 g/mol. The summed E-state index contributed by atoms with van der Waals surface area (Å²) in [6, 6.07) is 15.9. The number of anilines is 1. The third-order valence-corrected chi connectivity index (χ3v) is 5.89. The maximum absolute atomic E-state index is 11.9. The molecule has 4 rings (SSSR count). The number of methoxy groups -OCH3 is 1. The number of benzene rings is 2. The van der Waals surface area contributed by atoms with Crippen LogP contribution < -0.4 is 26.6 Å². The highest BCUT2D eigenvalue weighted by Crippen LogP contribution is 2.41. The number of nitrogens with zero attached hydrogens (tertiary/aromatic N) is 2. The number of amidine groups is 1. The number of hydrogen-bond acceptors (Lipinski definition) is 3. The smallest absolute Gasteiger partial charge is 0.275 e. The first-order valence-corrected chi connectivity index (χ1v) is 9.95. The highest BCUT2D eigenvalue weighted by molar-refractivity contribution is 9.10. The number of para-hydroxylation sites is 2. The molecule has 0 saturated heterocycles. The molecule has 144 valence electrons. The predicted octanol–water partition coefficient (Wildman–Crippen LogP) is 1.11. The molecule has 2 aromatic rings. The van der Waals surface area contributed by atoms with Gasteiger partial charge in [-0.05, 0) is 43.5 Å². The van der Waals surface area contributed by atoms with E-state index in [0.717, 1.165) is 40.9 Å². The van der Waals surface area contributed by atoms with Gasteiger partial charge >= 0.3 is 0 Å². The quantitative estimate of drug-likeness (QED) is 0.648. The largest absolute Gasteiger partial charge is 1.00 e. The molecule has 2 aromatic carbocycles. The Balaban J connectivity index is 0.00000210. The van der Waals surface area contributed by atoms with Gasteiger partial charge in [0.1, 0.15) is 0 Å². The Morgan fingerprint density at radius 2 is 1.81 bits per heavy atom.